The number of ketones is 1. The highest BCUT2D eigenvalue weighted by molar-refractivity contribution is 5.94. The second-order valence-electron chi connectivity index (χ2n) is 6.67. The minimum absolute atomic E-state index is 0.0839. The molecule has 26 heavy (non-hydrogen) atoms. The van der Waals surface area contributed by atoms with Gasteiger partial charge < -0.3 is 9.64 Å². The van der Waals surface area contributed by atoms with E-state index in [1.807, 2.05) is 36.7 Å². The van der Waals surface area contributed by atoms with Gasteiger partial charge in [-0.25, -0.2) is 0 Å². The number of hydrogen-bond acceptors (Lipinski definition) is 5. The highest BCUT2D eigenvalue weighted by Crippen LogP contribution is 2.15. The maximum atomic E-state index is 11.3. The lowest BCUT2D eigenvalue weighted by atomic mass is 10.1. The molecule has 5 heteroatoms. The van der Waals surface area contributed by atoms with E-state index in [1.54, 1.807) is 6.92 Å². The van der Waals surface area contributed by atoms with E-state index in [0.717, 1.165) is 63.5 Å². The Morgan fingerprint density at radius 2 is 1.69 bits per heavy atom. The van der Waals surface area contributed by atoms with Crippen molar-refractivity contribution < 1.29 is 9.53 Å². The number of hydrogen-bond donors (Lipinski definition) is 0. The van der Waals surface area contributed by atoms with E-state index in [1.165, 1.54) is 5.69 Å². The molecule has 0 atom stereocenters. The molecule has 3 rings (SSSR count). The van der Waals surface area contributed by atoms with Crippen LogP contribution in [0, 0.1) is 0 Å². The lowest BCUT2D eigenvalue weighted by Gasteiger charge is -2.36. The second kappa shape index (κ2) is 9.34. The Hall–Kier alpha value is -2.40. The van der Waals surface area contributed by atoms with Crippen molar-refractivity contribution in [3.63, 3.8) is 0 Å². The fourth-order valence-electron chi connectivity index (χ4n) is 3.20. The van der Waals surface area contributed by atoms with Gasteiger partial charge in [-0.3, -0.25) is 14.7 Å². The highest BCUT2D eigenvalue weighted by atomic mass is 16.5. The number of aromatic nitrogens is 1. The van der Waals surface area contributed by atoms with Crippen LogP contribution >= 0.6 is 0 Å². The number of rotatable bonds is 8. The molecule has 2 heterocycles. The van der Waals surface area contributed by atoms with Crippen molar-refractivity contribution in [3.05, 3.63) is 54.4 Å². The first-order chi connectivity index (χ1) is 12.7. The summed E-state index contributed by atoms with van der Waals surface area (Å²) >= 11 is 0. The summed E-state index contributed by atoms with van der Waals surface area (Å²) in [6.07, 6.45) is 5.89. The molecule has 0 radical (unpaired) electrons. The van der Waals surface area contributed by atoms with Crippen molar-refractivity contribution in [2.24, 2.45) is 0 Å². The monoisotopic (exact) mass is 353 g/mol. The molecule has 1 aliphatic heterocycles. The van der Waals surface area contributed by atoms with Gasteiger partial charge in [0.25, 0.3) is 0 Å². The Labute approximate surface area is 155 Å². The summed E-state index contributed by atoms with van der Waals surface area (Å²) in [5.41, 5.74) is 1.99. The van der Waals surface area contributed by atoms with Crippen LogP contribution < -0.4 is 9.64 Å². The van der Waals surface area contributed by atoms with Gasteiger partial charge in [0.05, 0.1) is 6.61 Å². The lowest BCUT2D eigenvalue weighted by molar-refractivity contribution is 0.101. The largest absolute Gasteiger partial charge is 0.494 e. The SMILES string of the molecule is CC(=O)c1ccc(OCCCCN2CCN(c3ccncc3)CC2)cc1. The Balaban J connectivity index is 1.29. The Morgan fingerprint density at radius 3 is 2.35 bits per heavy atom. The van der Waals surface area contributed by atoms with E-state index >= 15 is 0 Å². The average molecular weight is 353 g/mol. The van der Waals surface area contributed by atoms with Crippen LogP contribution in [-0.4, -0.2) is 55.0 Å². The number of carbonyl (C=O) groups excluding carboxylic acids is 1. The van der Waals surface area contributed by atoms with Gasteiger partial charge in [0, 0.05) is 49.8 Å². The van der Waals surface area contributed by atoms with Gasteiger partial charge in [0.1, 0.15) is 5.75 Å². The molecular weight excluding hydrogens is 326 g/mol. The Bertz CT molecular complexity index is 680. The third-order valence-electron chi connectivity index (χ3n) is 4.80. The van der Waals surface area contributed by atoms with E-state index < -0.39 is 0 Å². The first-order valence-corrected chi connectivity index (χ1v) is 9.33. The molecule has 1 aromatic carbocycles. The summed E-state index contributed by atoms with van der Waals surface area (Å²) in [6, 6.07) is 11.5. The average Bonchev–Trinajstić information content (AvgIpc) is 2.69. The standard InChI is InChI=1S/C21H27N3O2/c1-18(25)19-4-6-21(7-5-19)26-17-3-2-12-23-13-15-24(16-14-23)20-8-10-22-11-9-20/h4-11H,2-3,12-17H2,1H3. The number of piperazine rings is 1. The molecule has 0 amide bonds. The summed E-state index contributed by atoms with van der Waals surface area (Å²) in [5, 5.41) is 0. The van der Waals surface area contributed by atoms with Crippen LogP contribution in [0.3, 0.4) is 0 Å². The molecule has 1 aliphatic rings. The number of ether oxygens (including phenoxy) is 1. The molecular formula is C21H27N3O2. The lowest BCUT2D eigenvalue weighted by Crippen LogP contribution is -2.46. The van der Waals surface area contributed by atoms with Gasteiger partial charge in [0.2, 0.25) is 0 Å². The topological polar surface area (TPSA) is 45.7 Å². The van der Waals surface area contributed by atoms with Gasteiger partial charge in [-0.15, -0.1) is 0 Å². The van der Waals surface area contributed by atoms with Crippen molar-refractivity contribution in [2.45, 2.75) is 19.8 Å². The molecule has 2 aromatic rings. The van der Waals surface area contributed by atoms with Crippen molar-refractivity contribution in [1.29, 1.82) is 0 Å². The fourth-order valence-corrected chi connectivity index (χ4v) is 3.20. The summed E-state index contributed by atoms with van der Waals surface area (Å²) < 4.78 is 5.76. The van der Waals surface area contributed by atoms with E-state index in [9.17, 15) is 4.79 Å². The minimum Gasteiger partial charge on any atom is -0.494 e. The zero-order valence-electron chi connectivity index (χ0n) is 15.4. The normalized spacial score (nSPS) is 15.0. The Morgan fingerprint density at radius 1 is 1.00 bits per heavy atom. The third kappa shape index (κ3) is 5.30. The molecule has 0 bridgehead atoms. The smallest absolute Gasteiger partial charge is 0.159 e. The van der Waals surface area contributed by atoms with Crippen LogP contribution in [0.2, 0.25) is 0 Å². The fraction of sp³-hybridized carbons (Fsp3) is 0.429. The molecule has 5 nitrogen and oxygen atoms in total. The summed E-state index contributed by atoms with van der Waals surface area (Å²) in [7, 11) is 0. The number of unbranched alkanes of at least 4 members (excludes halogenated alkanes) is 1. The van der Waals surface area contributed by atoms with Gasteiger partial charge in [-0.1, -0.05) is 0 Å². The van der Waals surface area contributed by atoms with Crippen LogP contribution in [-0.2, 0) is 0 Å². The quantitative estimate of drug-likeness (QED) is 0.538. The maximum absolute atomic E-state index is 11.3. The first-order valence-electron chi connectivity index (χ1n) is 9.33. The van der Waals surface area contributed by atoms with Gasteiger partial charge in [-0.2, -0.15) is 0 Å². The van der Waals surface area contributed by atoms with Crippen molar-refractivity contribution in [3.8, 4) is 5.75 Å². The predicted octanol–water partition coefficient (Wildman–Crippen LogP) is 3.27. The summed E-state index contributed by atoms with van der Waals surface area (Å²) in [6.45, 7) is 7.78. The number of Topliss-reactive ketones (excluding diaryl/α,β-unsaturated/α-hetero) is 1. The number of nitrogens with zero attached hydrogens (tertiary/aromatic N) is 3. The zero-order valence-corrected chi connectivity index (χ0v) is 15.4. The predicted molar refractivity (Wildman–Crippen MR) is 104 cm³/mol. The first kappa shape index (κ1) is 18.4. The van der Waals surface area contributed by atoms with Gasteiger partial charge >= 0.3 is 0 Å². The molecule has 0 spiro atoms. The summed E-state index contributed by atoms with van der Waals surface area (Å²) in [5.74, 6) is 0.918. The van der Waals surface area contributed by atoms with Crippen LogP contribution in [0.1, 0.15) is 30.1 Å². The van der Waals surface area contributed by atoms with Crippen LogP contribution in [0.4, 0.5) is 5.69 Å². The Kier molecular flexibility index (Phi) is 6.61. The molecule has 138 valence electrons. The molecule has 0 N–H and O–H groups in total. The van der Waals surface area contributed by atoms with E-state index in [2.05, 4.69) is 26.9 Å². The zero-order chi connectivity index (χ0) is 18.2. The highest BCUT2D eigenvalue weighted by Gasteiger charge is 2.16. The maximum Gasteiger partial charge on any atom is 0.159 e. The van der Waals surface area contributed by atoms with E-state index in [0.29, 0.717) is 0 Å². The molecule has 1 fully saturated rings. The van der Waals surface area contributed by atoms with Crippen LogP contribution in [0.5, 0.6) is 5.75 Å². The van der Waals surface area contributed by atoms with Crippen molar-refractivity contribution in [1.82, 2.24) is 9.88 Å². The number of benzene rings is 1. The van der Waals surface area contributed by atoms with Crippen LogP contribution in [0.25, 0.3) is 0 Å². The molecule has 1 saturated heterocycles. The molecule has 0 saturated carbocycles. The van der Waals surface area contributed by atoms with Crippen molar-refractivity contribution >= 4 is 11.5 Å². The number of anilines is 1. The molecule has 1 aromatic heterocycles. The number of carbonyl (C=O) groups is 1. The van der Waals surface area contributed by atoms with Gasteiger partial charge in [-0.05, 0) is 62.7 Å². The third-order valence-corrected chi connectivity index (χ3v) is 4.80. The molecule has 0 aliphatic carbocycles. The van der Waals surface area contributed by atoms with Crippen molar-refractivity contribution in [2.75, 3.05) is 44.2 Å². The summed E-state index contributed by atoms with van der Waals surface area (Å²) in [4.78, 5) is 20.3. The van der Waals surface area contributed by atoms with Crippen LogP contribution in [0.15, 0.2) is 48.8 Å². The second-order valence-corrected chi connectivity index (χ2v) is 6.67. The minimum atomic E-state index is 0.0839. The van der Waals surface area contributed by atoms with Gasteiger partial charge in [0.15, 0.2) is 5.78 Å². The molecule has 0 unspecified atom stereocenters. The van der Waals surface area contributed by atoms with E-state index in [-0.39, 0.29) is 5.78 Å². The van der Waals surface area contributed by atoms with E-state index in [4.69, 9.17) is 4.74 Å². The number of pyridine rings is 1.